The van der Waals surface area contributed by atoms with Crippen LogP contribution in [0.3, 0.4) is 0 Å². The fourth-order valence-corrected chi connectivity index (χ4v) is 1.58. The van der Waals surface area contributed by atoms with Crippen LogP contribution in [0.2, 0.25) is 0 Å². The Morgan fingerprint density at radius 1 is 1.44 bits per heavy atom. The quantitative estimate of drug-likeness (QED) is 0.816. The van der Waals surface area contributed by atoms with Gasteiger partial charge in [0.05, 0.1) is 6.61 Å². The van der Waals surface area contributed by atoms with Crippen LogP contribution in [0, 0.1) is 6.92 Å². The van der Waals surface area contributed by atoms with Gasteiger partial charge in [0.15, 0.2) is 0 Å². The van der Waals surface area contributed by atoms with Crippen LogP contribution in [0.5, 0.6) is 0 Å². The molecule has 0 saturated carbocycles. The number of hydrogen-bond acceptors (Lipinski definition) is 2. The molecule has 0 radical (unpaired) electrons. The van der Waals surface area contributed by atoms with Crippen molar-refractivity contribution in [2.24, 2.45) is 0 Å². The minimum absolute atomic E-state index is 0.00449. The Labute approximate surface area is 96.7 Å². The first-order valence-electron chi connectivity index (χ1n) is 5.54. The van der Waals surface area contributed by atoms with Crippen molar-refractivity contribution in [3.05, 3.63) is 35.4 Å². The third-order valence-corrected chi connectivity index (χ3v) is 2.57. The Bertz CT molecular complexity index is 350. The fraction of sp³-hybridized carbons (Fsp3) is 0.462. The van der Waals surface area contributed by atoms with Gasteiger partial charge in [0.25, 0.3) is 0 Å². The first-order chi connectivity index (χ1) is 7.63. The van der Waals surface area contributed by atoms with Gasteiger partial charge in [0.2, 0.25) is 5.91 Å². The highest BCUT2D eigenvalue weighted by Crippen LogP contribution is 2.05. The molecule has 16 heavy (non-hydrogen) atoms. The number of nitrogens with zero attached hydrogens (tertiary/aromatic N) is 1. The highest BCUT2D eigenvalue weighted by molar-refractivity contribution is 5.75. The minimum Gasteiger partial charge on any atom is -0.396 e. The van der Waals surface area contributed by atoms with Crippen molar-refractivity contribution < 1.29 is 9.90 Å². The van der Waals surface area contributed by atoms with Gasteiger partial charge in [-0.1, -0.05) is 29.8 Å². The van der Waals surface area contributed by atoms with Gasteiger partial charge in [-0.05, 0) is 18.9 Å². The average molecular weight is 221 g/mol. The van der Waals surface area contributed by atoms with E-state index in [1.807, 2.05) is 6.07 Å². The lowest BCUT2D eigenvalue weighted by atomic mass is 10.1. The Kier molecular flexibility index (Phi) is 4.99. The third-order valence-electron chi connectivity index (χ3n) is 2.57. The van der Waals surface area contributed by atoms with Gasteiger partial charge < -0.3 is 10.0 Å². The summed E-state index contributed by atoms with van der Waals surface area (Å²) < 4.78 is 0. The molecule has 0 aliphatic heterocycles. The van der Waals surface area contributed by atoms with Gasteiger partial charge in [-0.2, -0.15) is 0 Å². The lowest BCUT2D eigenvalue weighted by Crippen LogP contribution is -2.29. The number of aliphatic hydroxyl groups excluding tert-OH is 1. The molecule has 1 aromatic carbocycles. The van der Waals surface area contributed by atoms with Crippen molar-refractivity contribution in [3.8, 4) is 0 Å². The van der Waals surface area contributed by atoms with E-state index in [4.69, 9.17) is 5.11 Å². The normalized spacial score (nSPS) is 10.2. The van der Waals surface area contributed by atoms with Crippen LogP contribution in [-0.4, -0.2) is 36.1 Å². The molecule has 3 nitrogen and oxygen atoms in total. The Morgan fingerprint density at radius 3 is 2.81 bits per heavy atom. The molecule has 0 aromatic heterocycles. The number of likely N-dealkylation sites (N-methyl/N-ethyl adjacent to an activating group) is 1. The summed E-state index contributed by atoms with van der Waals surface area (Å²) in [5, 5.41) is 8.66. The Hall–Kier alpha value is -1.35. The lowest BCUT2D eigenvalue weighted by Gasteiger charge is -2.16. The second kappa shape index (κ2) is 6.28. The van der Waals surface area contributed by atoms with Crippen LogP contribution < -0.4 is 0 Å². The number of aliphatic hydroxyl groups is 1. The maximum absolute atomic E-state index is 11.4. The molecule has 0 bridgehead atoms. The number of carbonyl (C=O) groups excluding carboxylic acids is 1. The summed E-state index contributed by atoms with van der Waals surface area (Å²) in [6.07, 6.45) is 1.07. The van der Waals surface area contributed by atoms with Gasteiger partial charge in [0.1, 0.15) is 0 Å². The van der Waals surface area contributed by atoms with Crippen molar-refractivity contribution in [2.45, 2.75) is 19.8 Å². The molecule has 88 valence electrons. The van der Waals surface area contributed by atoms with Gasteiger partial charge >= 0.3 is 0 Å². The van der Waals surface area contributed by atoms with E-state index in [0.29, 0.717) is 6.54 Å². The molecule has 0 fully saturated rings. The van der Waals surface area contributed by atoms with Crippen LogP contribution in [0.4, 0.5) is 0 Å². The van der Waals surface area contributed by atoms with E-state index in [2.05, 4.69) is 25.1 Å². The average Bonchev–Trinajstić information content (AvgIpc) is 2.26. The maximum atomic E-state index is 11.4. The predicted molar refractivity (Wildman–Crippen MR) is 64.2 cm³/mol. The summed E-state index contributed by atoms with van der Waals surface area (Å²) in [6.45, 7) is 2.68. The van der Waals surface area contributed by atoms with E-state index in [9.17, 15) is 4.79 Å². The highest BCUT2D eigenvalue weighted by atomic mass is 16.3. The lowest BCUT2D eigenvalue weighted by molar-refractivity contribution is -0.130. The topological polar surface area (TPSA) is 40.5 Å². The van der Waals surface area contributed by atoms with E-state index in [1.165, 1.54) is 11.1 Å². The third kappa shape index (κ3) is 4.03. The van der Waals surface area contributed by atoms with Gasteiger partial charge in [-0.3, -0.25) is 4.79 Å². The van der Waals surface area contributed by atoms with E-state index < -0.39 is 0 Å². The molecule has 3 heteroatoms. The van der Waals surface area contributed by atoms with Crippen LogP contribution >= 0.6 is 0 Å². The van der Waals surface area contributed by atoms with Crippen LogP contribution in [0.15, 0.2) is 24.3 Å². The molecule has 1 rings (SSSR count). The molecule has 1 aromatic rings. The summed E-state index contributed by atoms with van der Waals surface area (Å²) >= 11 is 0. The molecule has 0 aliphatic rings. The van der Waals surface area contributed by atoms with E-state index >= 15 is 0 Å². The van der Waals surface area contributed by atoms with Gasteiger partial charge in [-0.25, -0.2) is 0 Å². The summed E-state index contributed by atoms with van der Waals surface area (Å²) in [7, 11) is 1.77. The SMILES string of the molecule is Cc1cccc(CCN(C)C(=O)CCO)c1. The Morgan fingerprint density at radius 2 is 2.19 bits per heavy atom. The standard InChI is InChI=1S/C13H19NO2/c1-11-4-3-5-12(10-11)6-8-14(2)13(16)7-9-15/h3-5,10,15H,6-9H2,1-2H3. The van der Waals surface area contributed by atoms with Crippen LogP contribution in [0.1, 0.15) is 17.5 Å². The number of hydrogen-bond donors (Lipinski definition) is 1. The van der Waals surface area contributed by atoms with Crippen LogP contribution in [0.25, 0.3) is 0 Å². The predicted octanol–water partition coefficient (Wildman–Crippen LogP) is 1.38. The zero-order valence-electron chi connectivity index (χ0n) is 9.94. The monoisotopic (exact) mass is 221 g/mol. The molecule has 0 aliphatic carbocycles. The van der Waals surface area contributed by atoms with E-state index in [0.717, 1.165) is 6.42 Å². The minimum atomic E-state index is -0.0758. The van der Waals surface area contributed by atoms with Crippen molar-refractivity contribution >= 4 is 5.91 Å². The first-order valence-corrected chi connectivity index (χ1v) is 5.54. The zero-order chi connectivity index (χ0) is 12.0. The number of benzene rings is 1. The Balaban J connectivity index is 2.42. The molecule has 1 amide bonds. The molecule has 0 heterocycles. The van der Waals surface area contributed by atoms with Crippen molar-refractivity contribution in [3.63, 3.8) is 0 Å². The summed E-state index contributed by atoms with van der Waals surface area (Å²) in [5.41, 5.74) is 2.48. The maximum Gasteiger partial charge on any atom is 0.224 e. The number of carbonyl (C=O) groups is 1. The second-order valence-corrected chi connectivity index (χ2v) is 4.03. The zero-order valence-corrected chi connectivity index (χ0v) is 9.94. The number of aryl methyl sites for hydroxylation is 1. The highest BCUT2D eigenvalue weighted by Gasteiger charge is 2.07. The van der Waals surface area contributed by atoms with E-state index in [-0.39, 0.29) is 18.9 Å². The van der Waals surface area contributed by atoms with E-state index in [1.54, 1.807) is 11.9 Å². The summed E-state index contributed by atoms with van der Waals surface area (Å²) in [5.74, 6) is -0.00449. The number of amides is 1. The van der Waals surface area contributed by atoms with Crippen molar-refractivity contribution in [1.82, 2.24) is 4.90 Å². The van der Waals surface area contributed by atoms with Crippen molar-refractivity contribution in [2.75, 3.05) is 20.2 Å². The first kappa shape index (κ1) is 12.7. The molecule has 0 spiro atoms. The molecule has 0 unspecified atom stereocenters. The second-order valence-electron chi connectivity index (χ2n) is 4.03. The molecule has 0 saturated heterocycles. The molecular formula is C13H19NO2. The smallest absolute Gasteiger partial charge is 0.224 e. The molecule has 0 atom stereocenters. The molecular weight excluding hydrogens is 202 g/mol. The fourth-order valence-electron chi connectivity index (χ4n) is 1.58. The summed E-state index contributed by atoms with van der Waals surface area (Å²) in [6, 6.07) is 8.28. The summed E-state index contributed by atoms with van der Waals surface area (Å²) in [4.78, 5) is 13.1. The van der Waals surface area contributed by atoms with Gasteiger partial charge in [0, 0.05) is 20.0 Å². The molecule has 1 N–H and O–H groups in total. The number of rotatable bonds is 5. The van der Waals surface area contributed by atoms with Crippen LogP contribution in [-0.2, 0) is 11.2 Å². The van der Waals surface area contributed by atoms with Gasteiger partial charge in [-0.15, -0.1) is 0 Å². The largest absolute Gasteiger partial charge is 0.396 e. The van der Waals surface area contributed by atoms with Crippen molar-refractivity contribution in [1.29, 1.82) is 0 Å².